The monoisotopic (exact) mass is 245 g/mol. The molecule has 6 heteroatoms. The van der Waals surface area contributed by atoms with Gasteiger partial charge in [-0.05, 0) is 31.8 Å². The highest BCUT2D eigenvalue weighted by Crippen LogP contribution is 2.07. The van der Waals surface area contributed by atoms with Crippen molar-refractivity contribution in [2.45, 2.75) is 6.54 Å². The molecule has 0 saturated carbocycles. The zero-order valence-electron chi connectivity index (χ0n) is 10.3. The summed E-state index contributed by atoms with van der Waals surface area (Å²) in [6.07, 6.45) is 1.34. The van der Waals surface area contributed by atoms with Crippen molar-refractivity contribution < 1.29 is 4.79 Å². The van der Waals surface area contributed by atoms with Crippen molar-refractivity contribution in [3.8, 4) is 0 Å². The van der Waals surface area contributed by atoms with Gasteiger partial charge < -0.3 is 4.90 Å². The summed E-state index contributed by atoms with van der Waals surface area (Å²) in [4.78, 5) is 17.7. The van der Waals surface area contributed by atoms with Gasteiger partial charge in [-0.25, -0.2) is 5.10 Å². The largest absolute Gasteiger partial charge is 0.305 e. The molecule has 0 aliphatic heterocycles. The summed E-state index contributed by atoms with van der Waals surface area (Å²) in [5.41, 5.74) is 1.75. The number of nitrogens with zero attached hydrogens (tertiary/aromatic N) is 3. The standard InChI is InChI=1S/C12H15N5O/c1-17(2)7-9-3-5-10(6-4-9)11(18)15-12-13-8-14-16-12/h3-6,8H,7H2,1-2H3,(H2,13,14,15,16,18). The Labute approximate surface area is 105 Å². The van der Waals surface area contributed by atoms with Crippen molar-refractivity contribution in [3.05, 3.63) is 41.7 Å². The molecule has 1 amide bonds. The fourth-order valence-corrected chi connectivity index (χ4v) is 1.57. The molecule has 94 valence electrons. The molecular formula is C12H15N5O. The molecule has 1 aromatic heterocycles. The smallest absolute Gasteiger partial charge is 0.258 e. The van der Waals surface area contributed by atoms with E-state index in [0.29, 0.717) is 11.5 Å². The third-order valence-corrected chi connectivity index (χ3v) is 2.36. The zero-order valence-corrected chi connectivity index (χ0v) is 10.3. The van der Waals surface area contributed by atoms with E-state index in [-0.39, 0.29) is 5.91 Å². The van der Waals surface area contributed by atoms with E-state index in [9.17, 15) is 4.79 Å². The first-order valence-corrected chi connectivity index (χ1v) is 5.55. The number of benzene rings is 1. The van der Waals surface area contributed by atoms with Crippen LogP contribution < -0.4 is 5.32 Å². The van der Waals surface area contributed by atoms with Crippen LogP contribution in [-0.4, -0.2) is 40.1 Å². The lowest BCUT2D eigenvalue weighted by Crippen LogP contribution is -2.14. The minimum absolute atomic E-state index is 0.205. The van der Waals surface area contributed by atoms with E-state index in [4.69, 9.17) is 0 Å². The van der Waals surface area contributed by atoms with Crippen molar-refractivity contribution in [3.63, 3.8) is 0 Å². The van der Waals surface area contributed by atoms with Gasteiger partial charge in [0, 0.05) is 12.1 Å². The second-order valence-corrected chi connectivity index (χ2v) is 4.22. The van der Waals surface area contributed by atoms with Crippen LogP contribution in [0.1, 0.15) is 15.9 Å². The van der Waals surface area contributed by atoms with Gasteiger partial charge in [-0.1, -0.05) is 12.1 Å². The van der Waals surface area contributed by atoms with Gasteiger partial charge in [0.1, 0.15) is 6.33 Å². The number of amides is 1. The van der Waals surface area contributed by atoms with Crippen molar-refractivity contribution >= 4 is 11.9 Å². The number of rotatable bonds is 4. The Morgan fingerprint density at radius 3 is 2.61 bits per heavy atom. The van der Waals surface area contributed by atoms with Gasteiger partial charge in [0.05, 0.1) is 0 Å². The summed E-state index contributed by atoms with van der Waals surface area (Å²) in [5.74, 6) is 0.139. The number of carbonyl (C=O) groups excluding carboxylic acids is 1. The average Bonchev–Trinajstić information content (AvgIpc) is 2.82. The number of H-pyrrole nitrogens is 1. The highest BCUT2D eigenvalue weighted by molar-refractivity contribution is 6.03. The predicted octanol–water partition coefficient (Wildman–Crippen LogP) is 1.12. The molecule has 0 spiro atoms. The summed E-state index contributed by atoms with van der Waals surface area (Å²) in [6, 6.07) is 7.47. The summed E-state index contributed by atoms with van der Waals surface area (Å²) >= 11 is 0. The quantitative estimate of drug-likeness (QED) is 0.846. The molecule has 0 bridgehead atoms. The number of hydrogen-bond acceptors (Lipinski definition) is 4. The molecule has 0 aliphatic carbocycles. The van der Waals surface area contributed by atoms with Crippen LogP contribution in [0.2, 0.25) is 0 Å². The molecule has 0 atom stereocenters. The summed E-state index contributed by atoms with van der Waals surface area (Å²) in [6.45, 7) is 0.851. The fraction of sp³-hybridized carbons (Fsp3) is 0.250. The molecule has 0 radical (unpaired) electrons. The minimum atomic E-state index is -0.205. The molecule has 6 nitrogen and oxygen atoms in total. The number of hydrogen-bond donors (Lipinski definition) is 2. The first-order chi connectivity index (χ1) is 8.65. The maximum absolute atomic E-state index is 11.8. The van der Waals surface area contributed by atoms with Crippen molar-refractivity contribution in [1.82, 2.24) is 20.1 Å². The van der Waals surface area contributed by atoms with Crippen LogP contribution in [-0.2, 0) is 6.54 Å². The highest BCUT2D eigenvalue weighted by Gasteiger charge is 2.07. The van der Waals surface area contributed by atoms with Crippen LogP contribution in [0.4, 0.5) is 5.95 Å². The van der Waals surface area contributed by atoms with Crippen molar-refractivity contribution in [2.24, 2.45) is 0 Å². The minimum Gasteiger partial charge on any atom is -0.305 e. The molecule has 1 aromatic carbocycles. The van der Waals surface area contributed by atoms with E-state index >= 15 is 0 Å². The summed E-state index contributed by atoms with van der Waals surface area (Å²) in [5, 5.41) is 8.85. The Hall–Kier alpha value is -2.21. The van der Waals surface area contributed by atoms with E-state index in [1.54, 1.807) is 12.1 Å². The molecule has 2 N–H and O–H groups in total. The third kappa shape index (κ3) is 3.14. The molecule has 0 fully saturated rings. The fourth-order valence-electron chi connectivity index (χ4n) is 1.57. The highest BCUT2D eigenvalue weighted by atomic mass is 16.1. The SMILES string of the molecule is CN(C)Cc1ccc(C(=O)Nc2ncn[nH]2)cc1. The summed E-state index contributed by atoms with van der Waals surface area (Å²) in [7, 11) is 4.01. The van der Waals surface area contributed by atoms with E-state index in [1.165, 1.54) is 6.33 Å². The Balaban J connectivity index is 2.03. The average molecular weight is 245 g/mol. The van der Waals surface area contributed by atoms with Gasteiger partial charge in [0.15, 0.2) is 0 Å². The van der Waals surface area contributed by atoms with Crippen LogP contribution in [0.25, 0.3) is 0 Å². The Bertz CT molecular complexity index is 504. The lowest BCUT2D eigenvalue weighted by Gasteiger charge is -2.09. The molecule has 18 heavy (non-hydrogen) atoms. The van der Waals surface area contributed by atoms with Crippen molar-refractivity contribution in [2.75, 3.05) is 19.4 Å². The Morgan fingerprint density at radius 1 is 1.33 bits per heavy atom. The van der Waals surface area contributed by atoms with Crippen LogP contribution >= 0.6 is 0 Å². The van der Waals surface area contributed by atoms with Crippen LogP contribution in [0.15, 0.2) is 30.6 Å². The molecule has 0 aliphatic rings. The first kappa shape index (κ1) is 12.3. The van der Waals surface area contributed by atoms with Gasteiger partial charge >= 0.3 is 0 Å². The lowest BCUT2D eigenvalue weighted by molar-refractivity contribution is 0.102. The van der Waals surface area contributed by atoms with Gasteiger partial charge in [-0.2, -0.15) is 10.1 Å². The Morgan fingerprint density at radius 2 is 2.06 bits per heavy atom. The van der Waals surface area contributed by atoms with Crippen LogP contribution in [0.5, 0.6) is 0 Å². The first-order valence-electron chi connectivity index (χ1n) is 5.55. The van der Waals surface area contributed by atoms with E-state index in [2.05, 4.69) is 25.4 Å². The predicted molar refractivity (Wildman–Crippen MR) is 68.2 cm³/mol. The zero-order chi connectivity index (χ0) is 13.0. The molecule has 2 rings (SSSR count). The second-order valence-electron chi connectivity index (χ2n) is 4.22. The van der Waals surface area contributed by atoms with Crippen LogP contribution in [0, 0.1) is 0 Å². The molecule has 2 aromatic rings. The summed E-state index contributed by atoms with van der Waals surface area (Å²) < 4.78 is 0. The molecule has 0 saturated heterocycles. The maximum Gasteiger partial charge on any atom is 0.258 e. The topological polar surface area (TPSA) is 73.9 Å². The Kier molecular flexibility index (Phi) is 3.69. The number of carbonyl (C=O) groups is 1. The number of aromatic amines is 1. The maximum atomic E-state index is 11.8. The van der Waals surface area contributed by atoms with E-state index in [0.717, 1.165) is 12.1 Å². The molecule has 1 heterocycles. The van der Waals surface area contributed by atoms with Gasteiger partial charge in [0.25, 0.3) is 5.91 Å². The third-order valence-electron chi connectivity index (χ3n) is 2.36. The molecular weight excluding hydrogens is 230 g/mol. The van der Waals surface area contributed by atoms with Crippen LogP contribution in [0.3, 0.4) is 0 Å². The lowest BCUT2D eigenvalue weighted by atomic mass is 10.1. The van der Waals surface area contributed by atoms with Gasteiger partial charge in [-0.3, -0.25) is 10.1 Å². The number of aromatic nitrogens is 3. The van der Waals surface area contributed by atoms with Crippen molar-refractivity contribution in [1.29, 1.82) is 0 Å². The normalized spacial score (nSPS) is 10.6. The number of anilines is 1. The number of nitrogens with one attached hydrogen (secondary N) is 2. The molecule has 0 unspecified atom stereocenters. The van der Waals surface area contributed by atoms with E-state index in [1.807, 2.05) is 26.2 Å². The second kappa shape index (κ2) is 5.42. The van der Waals surface area contributed by atoms with E-state index < -0.39 is 0 Å². The van der Waals surface area contributed by atoms with Gasteiger partial charge in [0.2, 0.25) is 5.95 Å². The van der Waals surface area contributed by atoms with Gasteiger partial charge in [-0.15, -0.1) is 0 Å².